The molecule has 78 valence electrons. The first-order valence-corrected chi connectivity index (χ1v) is 5.15. The van der Waals surface area contributed by atoms with Crippen molar-refractivity contribution in [3.63, 3.8) is 0 Å². The second-order valence-corrected chi connectivity index (χ2v) is 4.03. The van der Waals surface area contributed by atoms with Crippen molar-refractivity contribution in [2.45, 2.75) is 19.4 Å². The third-order valence-corrected chi connectivity index (χ3v) is 3.09. The molecular weight excluding hydrogens is 192 g/mol. The monoisotopic (exact) mass is 204 g/mol. The topological polar surface area (TPSA) is 54.3 Å². The molecule has 0 atom stereocenters. The molecule has 0 unspecified atom stereocenters. The molecule has 3 rings (SSSR count). The molecule has 0 radical (unpaired) electrons. The van der Waals surface area contributed by atoms with Crippen LogP contribution in [0.5, 0.6) is 0 Å². The van der Waals surface area contributed by atoms with Crippen molar-refractivity contribution in [1.29, 1.82) is 0 Å². The van der Waals surface area contributed by atoms with E-state index in [-0.39, 0.29) is 0 Å². The van der Waals surface area contributed by atoms with Gasteiger partial charge in [0.2, 0.25) is 0 Å². The largest absolute Gasteiger partial charge is 0.478 e. The van der Waals surface area contributed by atoms with Crippen LogP contribution in [0.15, 0.2) is 11.8 Å². The number of nitrogens with zero attached hydrogens (tertiary/aromatic N) is 1. The van der Waals surface area contributed by atoms with E-state index in [1.54, 1.807) is 6.08 Å². The molecule has 0 saturated heterocycles. The molecular formula is C11H12N2O2. The Morgan fingerprint density at radius 1 is 1.53 bits per heavy atom. The number of anilines is 1. The number of hydrogen-bond donors (Lipinski definition) is 2. The molecule has 0 spiro atoms. The molecule has 4 heteroatoms. The third-order valence-electron chi connectivity index (χ3n) is 3.09. The lowest BCUT2D eigenvalue weighted by Crippen LogP contribution is -2.16. The van der Waals surface area contributed by atoms with Crippen LogP contribution in [-0.2, 0) is 17.8 Å². The molecule has 0 amide bonds. The van der Waals surface area contributed by atoms with E-state index >= 15 is 0 Å². The summed E-state index contributed by atoms with van der Waals surface area (Å²) in [6, 6.07) is 0. The molecule has 0 saturated carbocycles. The molecule has 4 nitrogen and oxygen atoms in total. The first-order chi connectivity index (χ1) is 7.25. The number of carboxylic acids is 1. The fraction of sp³-hybridized carbons (Fsp3) is 0.364. The maximum Gasteiger partial charge on any atom is 0.333 e. The van der Waals surface area contributed by atoms with E-state index in [0.717, 1.165) is 24.2 Å². The molecule has 0 bridgehead atoms. The van der Waals surface area contributed by atoms with Gasteiger partial charge in [0, 0.05) is 30.5 Å². The van der Waals surface area contributed by atoms with Crippen LogP contribution in [0.1, 0.15) is 17.7 Å². The SMILES string of the molecule is O=C(O)C1=Cc2cn3c(c2NC1)CCC3. The second kappa shape index (κ2) is 2.89. The molecule has 1 aromatic rings. The summed E-state index contributed by atoms with van der Waals surface area (Å²) in [6.07, 6.45) is 6.12. The Bertz CT molecular complexity index is 471. The zero-order valence-corrected chi connectivity index (χ0v) is 8.29. The van der Waals surface area contributed by atoms with Gasteiger partial charge in [0.15, 0.2) is 0 Å². The number of carbonyl (C=O) groups is 1. The molecule has 0 fully saturated rings. The van der Waals surface area contributed by atoms with Gasteiger partial charge in [0.1, 0.15) is 0 Å². The first kappa shape index (κ1) is 8.59. The van der Waals surface area contributed by atoms with E-state index in [2.05, 4.69) is 9.88 Å². The van der Waals surface area contributed by atoms with Crippen LogP contribution in [0.3, 0.4) is 0 Å². The van der Waals surface area contributed by atoms with Gasteiger partial charge in [-0.25, -0.2) is 4.79 Å². The van der Waals surface area contributed by atoms with Crippen molar-refractivity contribution < 1.29 is 9.90 Å². The Labute approximate surface area is 87.2 Å². The molecule has 2 aliphatic heterocycles. The summed E-state index contributed by atoms with van der Waals surface area (Å²) in [5, 5.41) is 12.1. The van der Waals surface area contributed by atoms with Crippen LogP contribution in [0.2, 0.25) is 0 Å². The number of hydrogen-bond acceptors (Lipinski definition) is 2. The molecule has 1 aromatic heterocycles. The third kappa shape index (κ3) is 1.17. The lowest BCUT2D eigenvalue weighted by Gasteiger charge is -2.14. The van der Waals surface area contributed by atoms with Gasteiger partial charge in [-0.15, -0.1) is 0 Å². The highest BCUT2D eigenvalue weighted by atomic mass is 16.4. The maximum atomic E-state index is 10.8. The summed E-state index contributed by atoms with van der Waals surface area (Å²) in [5.41, 5.74) is 3.92. The van der Waals surface area contributed by atoms with Crippen molar-refractivity contribution in [2.24, 2.45) is 0 Å². The molecule has 2 aliphatic rings. The minimum atomic E-state index is -0.834. The van der Waals surface area contributed by atoms with Gasteiger partial charge in [-0.2, -0.15) is 0 Å². The standard InChI is InChI=1S/C11H12N2O2/c14-11(15)7-4-8-6-13-3-1-2-9(13)10(8)12-5-7/h4,6,12H,1-3,5H2,(H,14,15). The number of aryl methyl sites for hydroxylation is 1. The van der Waals surface area contributed by atoms with Gasteiger partial charge in [0.25, 0.3) is 0 Å². The second-order valence-electron chi connectivity index (χ2n) is 4.03. The smallest absolute Gasteiger partial charge is 0.333 e. The van der Waals surface area contributed by atoms with E-state index in [1.807, 2.05) is 6.20 Å². The van der Waals surface area contributed by atoms with Crippen LogP contribution in [0.25, 0.3) is 6.08 Å². The van der Waals surface area contributed by atoms with Crippen molar-refractivity contribution in [2.75, 3.05) is 11.9 Å². The average molecular weight is 204 g/mol. The molecule has 3 heterocycles. The number of aliphatic carboxylic acids is 1. The Balaban J connectivity index is 2.08. The number of rotatable bonds is 1. The molecule has 2 N–H and O–H groups in total. The Hall–Kier alpha value is -1.71. The summed E-state index contributed by atoms with van der Waals surface area (Å²) < 4.78 is 2.22. The number of carboxylic acid groups (broad SMARTS) is 1. The van der Waals surface area contributed by atoms with Crippen molar-refractivity contribution in [1.82, 2.24) is 4.57 Å². The highest BCUT2D eigenvalue weighted by Crippen LogP contribution is 2.33. The van der Waals surface area contributed by atoms with Gasteiger partial charge in [-0.3, -0.25) is 0 Å². The molecule has 0 aliphatic carbocycles. The van der Waals surface area contributed by atoms with Gasteiger partial charge in [0.05, 0.1) is 11.3 Å². The number of fused-ring (bicyclic) bond motifs is 3. The van der Waals surface area contributed by atoms with E-state index in [4.69, 9.17) is 5.11 Å². The fourth-order valence-corrected chi connectivity index (χ4v) is 2.38. The van der Waals surface area contributed by atoms with Crippen molar-refractivity contribution in [3.8, 4) is 0 Å². The normalized spacial score (nSPS) is 17.7. The van der Waals surface area contributed by atoms with Gasteiger partial charge in [-0.1, -0.05) is 0 Å². The van der Waals surface area contributed by atoms with Crippen molar-refractivity contribution >= 4 is 17.7 Å². The summed E-state index contributed by atoms with van der Waals surface area (Å²) in [6.45, 7) is 1.49. The molecule has 0 aromatic carbocycles. The van der Waals surface area contributed by atoms with E-state index in [9.17, 15) is 4.79 Å². The van der Waals surface area contributed by atoms with Crippen LogP contribution in [-0.4, -0.2) is 22.2 Å². The van der Waals surface area contributed by atoms with Crippen LogP contribution in [0.4, 0.5) is 5.69 Å². The highest BCUT2D eigenvalue weighted by molar-refractivity contribution is 5.96. The Morgan fingerprint density at radius 2 is 2.40 bits per heavy atom. The first-order valence-electron chi connectivity index (χ1n) is 5.15. The zero-order chi connectivity index (χ0) is 10.4. The summed E-state index contributed by atoms with van der Waals surface area (Å²) in [7, 11) is 0. The maximum absolute atomic E-state index is 10.8. The fourth-order valence-electron chi connectivity index (χ4n) is 2.38. The van der Waals surface area contributed by atoms with Gasteiger partial charge >= 0.3 is 5.97 Å². The number of nitrogens with one attached hydrogen (secondary N) is 1. The lowest BCUT2D eigenvalue weighted by atomic mass is 10.1. The average Bonchev–Trinajstić information content (AvgIpc) is 2.75. The minimum Gasteiger partial charge on any atom is -0.478 e. The summed E-state index contributed by atoms with van der Waals surface area (Å²) >= 11 is 0. The molecule has 15 heavy (non-hydrogen) atoms. The van der Waals surface area contributed by atoms with E-state index < -0.39 is 5.97 Å². The van der Waals surface area contributed by atoms with Crippen LogP contribution < -0.4 is 5.32 Å². The minimum absolute atomic E-state index is 0.430. The van der Waals surface area contributed by atoms with Crippen LogP contribution >= 0.6 is 0 Å². The predicted molar refractivity (Wildman–Crippen MR) is 56.9 cm³/mol. The Morgan fingerprint density at radius 3 is 3.20 bits per heavy atom. The van der Waals surface area contributed by atoms with Crippen molar-refractivity contribution in [3.05, 3.63) is 23.0 Å². The predicted octanol–water partition coefficient (Wildman–Crippen LogP) is 1.33. The summed E-state index contributed by atoms with van der Waals surface area (Å²) in [5.74, 6) is -0.834. The zero-order valence-electron chi connectivity index (χ0n) is 8.29. The Kier molecular flexibility index (Phi) is 1.65. The van der Waals surface area contributed by atoms with Gasteiger partial charge in [-0.05, 0) is 18.9 Å². The van der Waals surface area contributed by atoms with Gasteiger partial charge < -0.3 is 15.0 Å². The quantitative estimate of drug-likeness (QED) is 0.725. The lowest BCUT2D eigenvalue weighted by molar-refractivity contribution is -0.132. The van der Waals surface area contributed by atoms with E-state index in [1.165, 1.54) is 12.1 Å². The van der Waals surface area contributed by atoms with E-state index in [0.29, 0.717) is 12.1 Å². The van der Waals surface area contributed by atoms with Crippen LogP contribution in [0, 0.1) is 0 Å². The highest BCUT2D eigenvalue weighted by Gasteiger charge is 2.23. The number of aromatic nitrogens is 1. The summed E-state index contributed by atoms with van der Waals surface area (Å²) in [4.78, 5) is 10.8.